The van der Waals surface area contributed by atoms with E-state index in [0.29, 0.717) is 42.5 Å². The molecule has 6 nitrogen and oxygen atoms in total. The van der Waals surface area contributed by atoms with Gasteiger partial charge in [0.1, 0.15) is 0 Å². The van der Waals surface area contributed by atoms with Crippen LogP contribution in [-0.2, 0) is 31.2 Å². The fraction of sp³-hybridized carbons (Fsp3) is 0.500. The van der Waals surface area contributed by atoms with Crippen molar-refractivity contribution in [3.05, 3.63) is 64.7 Å². The molecule has 0 radical (unpaired) electrons. The van der Waals surface area contributed by atoms with E-state index in [9.17, 15) is 13.2 Å². The number of carbonyl (C=O) groups is 1. The summed E-state index contributed by atoms with van der Waals surface area (Å²) < 4.78 is 29.0. The molecule has 2 N–H and O–H groups in total. The maximum Gasteiger partial charge on any atom is 0.225 e. The molecule has 0 unspecified atom stereocenters. The van der Waals surface area contributed by atoms with Crippen LogP contribution in [-0.4, -0.2) is 58.3 Å². The smallest absolute Gasteiger partial charge is 0.225 e. The highest BCUT2D eigenvalue weighted by Crippen LogP contribution is 2.41. The SMILES string of the molecule is COCCC(=O)N(CCc1cccc(S(C)(=O)=O)c1)[C@H]1CC[C@](CN)(c2cccc(Cl)c2)CC1. The molecule has 2 aromatic rings. The van der Waals surface area contributed by atoms with Gasteiger partial charge in [-0.3, -0.25) is 4.79 Å². The molecule has 1 saturated carbocycles. The van der Waals surface area contributed by atoms with Crippen LogP contribution in [0.15, 0.2) is 53.4 Å². The van der Waals surface area contributed by atoms with Crippen molar-refractivity contribution in [3.63, 3.8) is 0 Å². The van der Waals surface area contributed by atoms with Gasteiger partial charge in [-0.25, -0.2) is 8.42 Å². The number of sulfone groups is 1. The molecular formula is C26H35ClN2O4S. The predicted octanol–water partition coefficient (Wildman–Crippen LogP) is 3.99. The number of nitrogens with zero attached hydrogens (tertiary/aromatic N) is 1. The van der Waals surface area contributed by atoms with Gasteiger partial charge in [0.25, 0.3) is 0 Å². The Morgan fingerprint density at radius 3 is 2.50 bits per heavy atom. The molecule has 0 atom stereocenters. The predicted molar refractivity (Wildman–Crippen MR) is 136 cm³/mol. The first-order valence-corrected chi connectivity index (χ1v) is 14.0. The average molecular weight is 507 g/mol. The first-order chi connectivity index (χ1) is 16.2. The molecule has 1 amide bonds. The third-order valence-electron chi connectivity index (χ3n) is 6.99. The summed E-state index contributed by atoms with van der Waals surface area (Å²) in [4.78, 5) is 15.4. The Hall–Kier alpha value is -1.93. The summed E-state index contributed by atoms with van der Waals surface area (Å²) in [6.07, 6.45) is 5.59. The van der Waals surface area contributed by atoms with Crippen LogP contribution in [0.1, 0.15) is 43.2 Å². The van der Waals surface area contributed by atoms with E-state index in [-0.39, 0.29) is 17.4 Å². The van der Waals surface area contributed by atoms with Crippen molar-refractivity contribution < 1.29 is 17.9 Å². The minimum atomic E-state index is -3.28. The molecule has 0 saturated heterocycles. The highest BCUT2D eigenvalue weighted by molar-refractivity contribution is 7.90. The average Bonchev–Trinajstić information content (AvgIpc) is 2.83. The number of amides is 1. The standard InChI is InChI=1S/C26H35ClN2O4S/c1-33-16-12-25(30)29(15-11-20-5-3-8-24(17-20)34(2,31)32)23-9-13-26(19-28,14-10-23)21-6-4-7-22(27)18-21/h3-8,17-18,23H,9-16,19,28H2,1-2H3/t23-,26-. The molecular weight excluding hydrogens is 472 g/mol. The summed E-state index contributed by atoms with van der Waals surface area (Å²) in [5, 5.41) is 0.708. The van der Waals surface area contributed by atoms with E-state index in [4.69, 9.17) is 22.1 Å². The van der Waals surface area contributed by atoms with Gasteiger partial charge in [-0.1, -0.05) is 35.9 Å². The number of nitrogens with two attached hydrogens (primary N) is 1. The number of ether oxygens (including phenoxy) is 1. The second kappa shape index (κ2) is 11.7. The van der Waals surface area contributed by atoms with Gasteiger partial charge in [-0.2, -0.15) is 0 Å². The zero-order chi connectivity index (χ0) is 24.8. The number of halogens is 1. The fourth-order valence-electron chi connectivity index (χ4n) is 4.92. The molecule has 0 spiro atoms. The lowest BCUT2D eigenvalue weighted by Gasteiger charge is -2.43. The summed E-state index contributed by atoms with van der Waals surface area (Å²) in [6, 6.07) is 15.0. The van der Waals surface area contributed by atoms with Crippen molar-refractivity contribution in [1.82, 2.24) is 4.90 Å². The van der Waals surface area contributed by atoms with Crippen LogP contribution in [0.5, 0.6) is 0 Å². The van der Waals surface area contributed by atoms with E-state index >= 15 is 0 Å². The summed E-state index contributed by atoms with van der Waals surface area (Å²) in [6.45, 7) is 1.45. The number of hydrogen-bond acceptors (Lipinski definition) is 5. The molecule has 1 fully saturated rings. The Morgan fingerprint density at radius 2 is 1.88 bits per heavy atom. The molecule has 0 aliphatic heterocycles. The third-order valence-corrected chi connectivity index (χ3v) is 8.33. The minimum absolute atomic E-state index is 0.0640. The molecule has 0 aromatic heterocycles. The van der Waals surface area contributed by atoms with E-state index in [2.05, 4.69) is 6.07 Å². The minimum Gasteiger partial charge on any atom is -0.384 e. The van der Waals surface area contributed by atoms with E-state index in [1.54, 1.807) is 25.3 Å². The van der Waals surface area contributed by atoms with Gasteiger partial charge in [0.15, 0.2) is 9.84 Å². The van der Waals surface area contributed by atoms with Crippen LogP contribution in [0.3, 0.4) is 0 Å². The van der Waals surface area contributed by atoms with Crippen LogP contribution in [0, 0.1) is 0 Å². The maximum absolute atomic E-state index is 13.1. The number of carbonyl (C=O) groups excluding carboxylic acids is 1. The van der Waals surface area contributed by atoms with Crippen LogP contribution in [0.2, 0.25) is 5.02 Å². The van der Waals surface area contributed by atoms with Crippen molar-refractivity contribution >= 4 is 27.3 Å². The summed E-state index contributed by atoms with van der Waals surface area (Å²) in [5.41, 5.74) is 8.19. The lowest BCUT2D eigenvalue weighted by Crippen LogP contribution is -2.48. The summed E-state index contributed by atoms with van der Waals surface area (Å²) >= 11 is 6.25. The van der Waals surface area contributed by atoms with Crippen molar-refractivity contribution in [2.75, 3.05) is 33.1 Å². The van der Waals surface area contributed by atoms with Gasteiger partial charge in [0, 0.05) is 42.9 Å². The van der Waals surface area contributed by atoms with Gasteiger partial charge >= 0.3 is 0 Å². The van der Waals surface area contributed by atoms with Crippen LogP contribution in [0.4, 0.5) is 0 Å². The Labute approximate surface area is 208 Å². The fourth-order valence-corrected chi connectivity index (χ4v) is 5.80. The molecule has 1 aliphatic rings. The van der Waals surface area contributed by atoms with E-state index in [1.165, 1.54) is 6.26 Å². The van der Waals surface area contributed by atoms with E-state index < -0.39 is 9.84 Å². The normalized spacial score (nSPS) is 20.8. The number of rotatable bonds is 10. The summed E-state index contributed by atoms with van der Waals surface area (Å²) in [7, 11) is -1.68. The quantitative estimate of drug-likeness (QED) is 0.526. The molecule has 2 aromatic carbocycles. The van der Waals surface area contributed by atoms with Gasteiger partial charge in [-0.15, -0.1) is 0 Å². The van der Waals surface area contributed by atoms with E-state index in [0.717, 1.165) is 36.8 Å². The van der Waals surface area contributed by atoms with Crippen molar-refractivity contribution in [3.8, 4) is 0 Å². The van der Waals surface area contributed by atoms with Crippen LogP contribution < -0.4 is 5.73 Å². The van der Waals surface area contributed by atoms with Crippen molar-refractivity contribution in [2.24, 2.45) is 5.73 Å². The van der Waals surface area contributed by atoms with Gasteiger partial charge in [0.2, 0.25) is 5.91 Å². The van der Waals surface area contributed by atoms with Crippen molar-refractivity contribution in [2.45, 2.75) is 54.9 Å². The number of benzene rings is 2. The summed E-state index contributed by atoms with van der Waals surface area (Å²) in [5.74, 6) is 0.0640. The highest BCUT2D eigenvalue weighted by Gasteiger charge is 2.38. The largest absolute Gasteiger partial charge is 0.384 e. The number of methoxy groups -OCH3 is 1. The van der Waals surface area contributed by atoms with E-state index in [1.807, 2.05) is 29.2 Å². The lowest BCUT2D eigenvalue weighted by molar-refractivity contribution is -0.135. The van der Waals surface area contributed by atoms with Gasteiger partial charge < -0.3 is 15.4 Å². The molecule has 3 rings (SSSR count). The molecule has 0 heterocycles. The zero-order valence-corrected chi connectivity index (χ0v) is 21.6. The van der Waals surface area contributed by atoms with Crippen molar-refractivity contribution in [1.29, 1.82) is 0 Å². The molecule has 1 aliphatic carbocycles. The third kappa shape index (κ3) is 6.60. The monoisotopic (exact) mass is 506 g/mol. The molecule has 0 bridgehead atoms. The van der Waals surface area contributed by atoms with Crippen LogP contribution in [0.25, 0.3) is 0 Å². The highest BCUT2D eigenvalue weighted by atomic mass is 35.5. The molecule has 8 heteroatoms. The van der Waals surface area contributed by atoms with Gasteiger partial charge in [-0.05, 0) is 67.5 Å². The Bertz CT molecular complexity index is 1080. The second-order valence-electron chi connectivity index (χ2n) is 9.23. The first-order valence-electron chi connectivity index (χ1n) is 11.7. The maximum atomic E-state index is 13.1. The first kappa shape index (κ1) is 26.7. The van der Waals surface area contributed by atoms with Crippen LogP contribution >= 0.6 is 11.6 Å². The Morgan fingerprint density at radius 1 is 1.18 bits per heavy atom. The Balaban J connectivity index is 1.74. The van der Waals surface area contributed by atoms with Gasteiger partial charge in [0.05, 0.1) is 17.9 Å². The zero-order valence-electron chi connectivity index (χ0n) is 20.0. The Kier molecular flexibility index (Phi) is 9.15. The molecule has 34 heavy (non-hydrogen) atoms. The number of hydrogen-bond donors (Lipinski definition) is 1. The lowest BCUT2D eigenvalue weighted by atomic mass is 9.68. The second-order valence-corrected chi connectivity index (χ2v) is 11.7. The topological polar surface area (TPSA) is 89.7 Å². The molecule has 186 valence electrons.